The minimum atomic E-state index is -0.434. The van der Waals surface area contributed by atoms with E-state index in [9.17, 15) is 4.79 Å². The zero-order valence-corrected chi connectivity index (χ0v) is 13.6. The van der Waals surface area contributed by atoms with Gasteiger partial charge >= 0.3 is 6.09 Å². The van der Waals surface area contributed by atoms with E-state index in [2.05, 4.69) is 0 Å². The second-order valence-corrected chi connectivity index (χ2v) is 5.91. The van der Waals surface area contributed by atoms with Crippen LogP contribution in [0.25, 0.3) is 0 Å². The third kappa shape index (κ3) is 4.05. The molecule has 1 saturated heterocycles. The van der Waals surface area contributed by atoms with E-state index >= 15 is 0 Å². The quantitative estimate of drug-likeness (QED) is 0.851. The van der Waals surface area contributed by atoms with E-state index in [0.717, 1.165) is 5.56 Å². The molecule has 1 heterocycles. The minimum Gasteiger partial charge on any atom is -0.410 e. The van der Waals surface area contributed by atoms with Crippen molar-refractivity contribution in [2.24, 2.45) is 0 Å². The highest BCUT2D eigenvalue weighted by atomic mass is 35.5. The molecule has 0 saturated carbocycles. The Morgan fingerprint density at radius 2 is 2.00 bits per heavy atom. The highest BCUT2D eigenvalue weighted by molar-refractivity contribution is 6.30. The molecule has 0 radical (unpaired) electrons. The van der Waals surface area contributed by atoms with Crippen LogP contribution in [-0.4, -0.2) is 30.2 Å². The van der Waals surface area contributed by atoms with Crippen molar-refractivity contribution in [3.63, 3.8) is 0 Å². The van der Waals surface area contributed by atoms with Gasteiger partial charge in [-0.2, -0.15) is 5.26 Å². The summed E-state index contributed by atoms with van der Waals surface area (Å²) in [5.74, 6) is 0.365. The summed E-state index contributed by atoms with van der Waals surface area (Å²) in [4.78, 5) is 13.6. The normalized spacial score (nSPS) is 13.9. The van der Waals surface area contributed by atoms with E-state index in [4.69, 9.17) is 26.3 Å². The summed E-state index contributed by atoms with van der Waals surface area (Å²) in [6.07, 6.45) is -0.435. The lowest BCUT2D eigenvalue weighted by molar-refractivity contribution is -0.0508. The summed E-state index contributed by atoms with van der Waals surface area (Å²) in [5, 5.41) is 9.53. The molecule has 2 aromatic carbocycles. The summed E-state index contributed by atoms with van der Waals surface area (Å²) in [6.45, 7) is 1.46. The van der Waals surface area contributed by atoms with Crippen LogP contribution in [0, 0.1) is 11.3 Å². The predicted octanol–water partition coefficient (Wildman–Crippen LogP) is 3.61. The number of carbonyl (C=O) groups excluding carboxylic acids is 1. The number of amides is 1. The molecule has 3 rings (SSSR count). The highest BCUT2D eigenvalue weighted by Gasteiger charge is 2.32. The Hall–Kier alpha value is -2.55. The summed E-state index contributed by atoms with van der Waals surface area (Å²) in [5.41, 5.74) is 1.49. The van der Waals surface area contributed by atoms with Crippen molar-refractivity contribution in [3.8, 4) is 11.8 Å². The lowest BCUT2D eigenvalue weighted by atomic mass is 10.2. The Bertz CT molecular complexity index is 765. The summed E-state index contributed by atoms with van der Waals surface area (Å²) >= 11 is 5.84. The first-order valence-electron chi connectivity index (χ1n) is 7.47. The Morgan fingerprint density at radius 1 is 1.25 bits per heavy atom. The average molecular weight is 343 g/mol. The first-order valence-corrected chi connectivity index (χ1v) is 7.85. The van der Waals surface area contributed by atoms with Crippen LogP contribution in [0.4, 0.5) is 4.79 Å². The van der Waals surface area contributed by atoms with Crippen LogP contribution in [-0.2, 0) is 11.3 Å². The maximum absolute atomic E-state index is 12.0. The van der Waals surface area contributed by atoms with E-state index in [-0.39, 0.29) is 6.10 Å². The van der Waals surface area contributed by atoms with Gasteiger partial charge in [0.1, 0.15) is 5.75 Å². The molecule has 5 nitrogen and oxygen atoms in total. The van der Waals surface area contributed by atoms with Crippen molar-refractivity contribution in [1.82, 2.24) is 4.90 Å². The number of halogens is 1. The molecule has 0 aliphatic carbocycles. The summed E-state index contributed by atoms with van der Waals surface area (Å²) in [6, 6.07) is 16.0. The molecule has 0 spiro atoms. The number of ether oxygens (including phenoxy) is 2. The van der Waals surface area contributed by atoms with E-state index in [0.29, 0.717) is 36.0 Å². The molecule has 2 aromatic rings. The van der Waals surface area contributed by atoms with Crippen molar-refractivity contribution in [1.29, 1.82) is 5.26 Å². The maximum Gasteiger partial charge on any atom is 0.415 e. The van der Waals surface area contributed by atoms with Crippen molar-refractivity contribution in [2.45, 2.75) is 12.7 Å². The zero-order chi connectivity index (χ0) is 16.9. The second-order valence-electron chi connectivity index (χ2n) is 5.47. The SMILES string of the molecule is N#Cc1cccc(OC(=O)N2CC(OCc3ccc(Cl)cc3)C2)c1. The van der Waals surface area contributed by atoms with Gasteiger partial charge in [0.05, 0.1) is 37.4 Å². The fraction of sp³-hybridized carbons (Fsp3) is 0.222. The van der Waals surface area contributed by atoms with Crippen molar-refractivity contribution in [3.05, 3.63) is 64.7 Å². The van der Waals surface area contributed by atoms with E-state index in [1.807, 2.05) is 30.3 Å². The molecule has 0 bridgehead atoms. The third-order valence-electron chi connectivity index (χ3n) is 3.67. The Balaban J connectivity index is 1.43. The minimum absolute atomic E-state index is 0.00123. The van der Waals surface area contributed by atoms with Gasteiger partial charge in [0.25, 0.3) is 0 Å². The van der Waals surface area contributed by atoms with Crippen molar-refractivity contribution >= 4 is 17.7 Å². The van der Waals surface area contributed by atoms with Crippen LogP contribution in [0.3, 0.4) is 0 Å². The lowest BCUT2D eigenvalue weighted by Crippen LogP contribution is -2.55. The number of nitrogens with zero attached hydrogens (tertiary/aromatic N) is 2. The topological polar surface area (TPSA) is 62.6 Å². The van der Waals surface area contributed by atoms with Crippen LogP contribution in [0.2, 0.25) is 5.02 Å². The van der Waals surface area contributed by atoms with Crippen molar-refractivity contribution in [2.75, 3.05) is 13.1 Å². The lowest BCUT2D eigenvalue weighted by Gasteiger charge is -2.37. The Kier molecular flexibility index (Phi) is 4.99. The van der Waals surface area contributed by atoms with Gasteiger partial charge in [-0.3, -0.25) is 0 Å². The molecule has 1 amide bonds. The maximum atomic E-state index is 12.0. The van der Waals surface area contributed by atoms with Gasteiger partial charge < -0.3 is 14.4 Å². The van der Waals surface area contributed by atoms with Crippen LogP contribution < -0.4 is 4.74 Å². The Morgan fingerprint density at radius 3 is 2.71 bits per heavy atom. The Labute approximate surface area is 145 Å². The fourth-order valence-corrected chi connectivity index (χ4v) is 2.41. The molecular formula is C18H15ClN2O3. The van der Waals surface area contributed by atoms with E-state index in [1.54, 1.807) is 23.1 Å². The van der Waals surface area contributed by atoms with Crippen LogP contribution in [0.5, 0.6) is 5.75 Å². The second kappa shape index (κ2) is 7.35. The predicted molar refractivity (Wildman–Crippen MR) is 88.8 cm³/mol. The van der Waals surface area contributed by atoms with Gasteiger partial charge in [-0.25, -0.2) is 4.79 Å². The van der Waals surface area contributed by atoms with E-state index in [1.165, 1.54) is 6.07 Å². The zero-order valence-electron chi connectivity index (χ0n) is 12.8. The first-order chi connectivity index (χ1) is 11.6. The molecule has 1 fully saturated rings. The van der Waals surface area contributed by atoms with Gasteiger partial charge in [0.2, 0.25) is 0 Å². The number of hydrogen-bond acceptors (Lipinski definition) is 4. The number of rotatable bonds is 4. The number of likely N-dealkylation sites (tertiary alicyclic amines) is 1. The molecule has 0 N–H and O–H groups in total. The number of nitriles is 1. The van der Waals surface area contributed by atoms with Gasteiger partial charge in [-0.05, 0) is 35.9 Å². The molecule has 1 aliphatic rings. The highest BCUT2D eigenvalue weighted by Crippen LogP contribution is 2.19. The molecule has 0 aromatic heterocycles. The number of carbonyl (C=O) groups is 1. The summed E-state index contributed by atoms with van der Waals surface area (Å²) < 4.78 is 11.0. The first kappa shape index (κ1) is 16.3. The summed E-state index contributed by atoms with van der Waals surface area (Å²) in [7, 11) is 0. The molecule has 122 valence electrons. The fourth-order valence-electron chi connectivity index (χ4n) is 2.28. The van der Waals surface area contributed by atoms with Gasteiger partial charge in [-0.15, -0.1) is 0 Å². The van der Waals surface area contributed by atoms with Gasteiger partial charge in [0.15, 0.2) is 0 Å². The molecule has 24 heavy (non-hydrogen) atoms. The van der Waals surface area contributed by atoms with Crippen LogP contribution in [0.15, 0.2) is 48.5 Å². The molecule has 6 heteroatoms. The van der Waals surface area contributed by atoms with Crippen LogP contribution >= 0.6 is 11.6 Å². The van der Waals surface area contributed by atoms with Gasteiger partial charge in [-0.1, -0.05) is 29.8 Å². The molecule has 1 aliphatic heterocycles. The monoisotopic (exact) mass is 342 g/mol. The third-order valence-corrected chi connectivity index (χ3v) is 3.93. The average Bonchev–Trinajstić information content (AvgIpc) is 2.55. The van der Waals surface area contributed by atoms with Gasteiger partial charge in [0, 0.05) is 5.02 Å². The number of benzene rings is 2. The van der Waals surface area contributed by atoms with Crippen LogP contribution in [0.1, 0.15) is 11.1 Å². The smallest absolute Gasteiger partial charge is 0.410 e. The standard InChI is InChI=1S/C18H15ClN2O3/c19-15-6-4-13(5-7-15)12-23-17-10-21(11-17)18(22)24-16-3-1-2-14(8-16)9-20/h1-8,17H,10-12H2. The van der Waals surface area contributed by atoms with E-state index < -0.39 is 6.09 Å². The molecular weight excluding hydrogens is 328 g/mol. The largest absolute Gasteiger partial charge is 0.415 e. The molecule has 0 unspecified atom stereocenters. The molecule has 0 atom stereocenters. The number of hydrogen-bond donors (Lipinski definition) is 0. The van der Waals surface area contributed by atoms with Crippen molar-refractivity contribution < 1.29 is 14.3 Å².